The normalized spacial score (nSPS) is 10.9. The molecule has 0 aliphatic carbocycles. The van der Waals surface area contributed by atoms with Gasteiger partial charge in [-0.15, -0.1) is 5.10 Å². The zero-order chi connectivity index (χ0) is 12.4. The van der Waals surface area contributed by atoms with E-state index in [1.165, 1.54) is 0 Å². The Morgan fingerprint density at radius 3 is 2.94 bits per heavy atom. The van der Waals surface area contributed by atoms with Gasteiger partial charge in [0, 0.05) is 6.20 Å². The summed E-state index contributed by atoms with van der Waals surface area (Å²) in [6.45, 7) is 0.614. The number of nitrogens with two attached hydrogens (primary N) is 1. The molecule has 3 rings (SSSR count). The van der Waals surface area contributed by atoms with Crippen LogP contribution in [0.15, 0.2) is 42.7 Å². The van der Waals surface area contributed by atoms with E-state index in [0.29, 0.717) is 6.54 Å². The topological polar surface area (TPSA) is 69.6 Å². The molecule has 90 valence electrons. The fraction of sp³-hybridized carbons (Fsp3) is 0.154. The molecule has 0 unspecified atom stereocenters. The lowest BCUT2D eigenvalue weighted by Gasteiger charge is -2.04. The molecular weight excluding hydrogens is 226 g/mol. The van der Waals surface area contributed by atoms with Gasteiger partial charge in [-0.2, -0.15) is 0 Å². The van der Waals surface area contributed by atoms with E-state index in [9.17, 15) is 0 Å². The fourth-order valence-electron chi connectivity index (χ4n) is 1.95. The second kappa shape index (κ2) is 4.54. The summed E-state index contributed by atoms with van der Waals surface area (Å²) in [5.74, 6) is 0. The molecule has 0 fully saturated rings. The minimum atomic E-state index is 0.614. The first-order valence-electron chi connectivity index (χ1n) is 5.83. The van der Waals surface area contributed by atoms with Crippen LogP contribution in [0.5, 0.6) is 0 Å². The third-order valence-electron chi connectivity index (χ3n) is 2.81. The first kappa shape index (κ1) is 10.9. The molecule has 1 aromatic carbocycles. The maximum atomic E-state index is 5.56. The van der Waals surface area contributed by atoms with E-state index >= 15 is 0 Å². The van der Waals surface area contributed by atoms with Crippen LogP contribution in [-0.4, -0.2) is 26.5 Å². The third-order valence-corrected chi connectivity index (χ3v) is 2.81. The second-order valence-electron chi connectivity index (χ2n) is 4.08. The maximum absolute atomic E-state index is 5.56. The first-order valence-corrected chi connectivity index (χ1v) is 5.83. The molecule has 2 N–H and O–H groups in total. The van der Waals surface area contributed by atoms with Crippen LogP contribution in [0.2, 0.25) is 0 Å². The molecule has 0 radical (unpaired) electrons. The van der Waals surface area contributed by atoms with E-state index in [2.05, 4.69) is 15.3 Å². The Kier molecular flexibility index (Phi) is 2.74. The SMILES string of the molecule is NCCc1cncc(-n2nnc3ccccc32)c1. The number of hydrogen-bond donors (Lipinski definition) is 1. The van der Waals surface area contributed by atoms with Gasteiger partial charge in [0.05, 0.1) is 17.4 Å². The predicted molar refractivity (Wildman–Crippen MR) is 69.4 cm³/mol. The van der Waals surface area contributed by atoms with Crippen LogP contribution in [0.3, 0.4) is 0 Å². The highest BCUT2D eigenvalue weighted by Gasteiger charge is 2.06. The quantitative estimate of drug-likeness (QED) is 0.748. The van der Waals surface area contributed by atoms with Crippen molar-refractivity contribution >= 4 is 11.0 Å². The van der Waals surface area contributed by atoms with E-state index in [0.717, 1.165) is 28.7 Å². The fourth-order valence-corrected chi connectivity index (χ4v) is 1.95. The van der Waals surface area contributed by atoms with Crippen molar-refractivity contribution in [3.63, 3.8) is 0 Å². The average Bonchev–Trinajstić information content (AvgIpc) is 2.83. The first-order chi connectivity index (χ1) is 8.88. The van der Waals surface area contributed by atoms with Crippen molar-refractivity contribution < 1.29 is 0 Å². The number of aromatic nitrogens is 4. The highest BCUT2D eigenvalue weighted by molar-refractivity contribution is 5.75. The Hall–Kier alpha value is -2.27. The van der Waals surface area contributed by atoms with E-state index < -0.39 is 0 Å². The number of rotatable bonds is 3. The molecular formula is C13H13N5. The molecule has 2 heterocycles. The van der Waals surface area contributed by atoms with Crippen LogP contribution in [0.1, 0.15) is 5.56 Å². The number of pyridine rings is 1. The monoisotopic (exact) mass is 239 g/mol. The van der Waals surface area contributed by atoms with Gasteiger partial charge in [-0.25, -0.2) is 4.68 Å². The van der Waals surface area contributed by atoms with Crippen molar-refractivity contribution in [3.05, 3.63) is 48.3 Å². The summed E-state index contributed by atoms with van der Waals surface area (Å²) in [7, 11) is 0. The lowest BCUT2D eigenvalue weighted by molar-refractivity contribution is 0.816. The van der Waals surface area contributed by atoms with Crippen molar-refractivity contribution in [3.8, 4) is 5.69 Å². The summed E-state index contributed by atoms with van der Waals surface area (Å²) < 4.78 is 1.79. The van der Waals surface area contributed by atoms with Crippen LogP contribution in [0.25, 0.3) is 16.7 Å². The standard InChI is InChI=1S/C13H13N5/c14-6-5-10-7-11(9-15-8-10)18-13-4-2-1-3-12(13)16-17-18/h1-4,7-9H,5-6,14H2. The molecule has 0 aliphatic rings. The van der Waals surface area contributed by atoms with Crippen molar-refractivity contribution in [1.82, 2.24) is 20.0 Å². The second-order valence-corrected chi connectivity index (χ2v) is 4.08. The molecule has 18 heavy (non-hydrogen) atoms. The lowest BCUT2D eigenvalue weighted by atomic mass is 10.2. The molecule has 5 nitrogen and oxygen atoms in total. The van der Waals surface area contributed by atoms with Crippen LogP contribution in [0, 0.1) is 0 Å². The van der Waals surface area contributed by atoms with Crippen LogP contribution in [-0.2, 0) is 6.42 Å². The van der Waals surface area contributed by atoms with Gasteiger partial charge < -0.3 is 5.73 Å². The van der Waals surface area contributed by atoms with Gasteiger partial charge in [0.15, 0.2) is 0 Å². The highest BCUT2D eigenvalue weighted by Crippen LogP contribution is 2.15. The molecule has 0 saturated carbocycles. The Morgan fingerprint density at radius 2 is 2.06 bits per heavy atom. The smallest absolute Gasteiger partial charge is 0.113 e. The molecule has 3 aromatic rings. The number of para-hydroxylation sites is 1. The molecule has 0 aliphatic heterocycles. The molecule has 0 atom stereocenters. The summed E-state index contributed by atoms with van der Waals surface area (Å²) in [6.07, 6.45) is 4.42. The van der Waals surface area contributed by atoms with Gasteiger partial charge in [0.25, 0.3) is 0 Å². The van der Waals surface area contributed by atoms with E-state index in [1.54, 1.807) is 10.9 Å². The molecule has 5 heteroatoms. The molecule has 0 bridgehead atoms. The van der Waals surface area contributed by atoms with Gasteiger partial charge in [-0.3, -0.25) is 4.98 Å². The molecule has 0 saturated heterocycles. The van der Waals surface area contributed by atoms with Gasteiger partial charge in [0.2, 0.25) is 0 Å². The summed E-state index contributed by atoms with van der Waals surface area (Å²) in [5.41, 5.74) is 9.43. The maximum Gasteiger partial charge on any atom is 0.113 e. The van der Waals surface area contributed by atoms with Crippen LogP contribution < -0.4 is 5.73 Å². The predicted octanol–water partition coefficient (Wildman–Crippen LogP) is 1.32. The van der Waals surface area contributed by atoms with Crippen LogP contribution in [0.4, 0.5) is 0 Å². The highest BCUT2D eigenvalue weighted by atomic mass is 15.4. The largest absolute Gasteiger partial charge is 0.330 e. The van der Waals surface area contributed by atoms with E-state index in [1.807, 2.05) is 36.5 Å². The van der Waals surface area contributed by atoms with Gasteiger partial charge in [-0.05, 0) is 36.7 Å². The number of benzene rings is 1. The molecule has 2 aromatic heterocycles. The zero-order valence-corrected chi connectivity index (χ0v) is 9.82. The Labute approximate surface area is 104 Å². The van der Waals surface area contributed by atoms with Gasteiger partial charge in [-0.1, -0.05) is 17.3 Å². The van der Waals surface area contributed by atoms with E-state index in [4.69, 9.17) is 5.73 Å². The molecule has 0 amide bonds. The van der Waals surface area contributed by atoms with Crippen LogP contribution >= 0.6 is 0 Å². The number of hydrogen-bond acceptors (Lipinski definition) is 4. The average molecular weight is 239 g/mol. The number of fused-ring (bicyclic) bond motifs is 1. The van der Waals surface area contributed by atoms with E-state index in [-0.39, 0.29) is 0 Å². The Morgan fingerprint density at radius 1 is 1.17 bits per heavy atom. The summed E-state index contributed by atoms with van der Waals surface area (Å²) in [5, 5.41) is 8.29. The zero-order valence-electron chi connectivity index (χ0n) is 9.82. The molecule has 0 spiro atoms. The number of nitrogens with zero attached hydrogens (tertiary/aromatic N) is 4. The van der Waals surface area contributed by atoms with Crippen molar-refractivity contribution in [1.29, 1.82) is 0 Å². The van der Waals surface area contributed by atoms with Gasteiger partial charge in [0.1, 0.15) is 5.52 Å². The third kappa shape index (κ3) is 1.84. The van der Waals surface area contributed by atoms with Gasteiger partial charge >= 0.3 is 0 Å². The Balaban J connectivity index is 2.11. The van der Waals surface area contributed by atoms with Crippen molar-refractivity contribution in [2.45, 2.75) is 6.42 Å². The summed E-state index contributed by atoms with van der Waals surface area (Å²) >= 11 is 0. The summed E-state index contributed by atoms with van der Waals surface area (Å²) in [6, 6.07) is 9.89. The Bertz CT molecular complexity index is 674. The lowest BCUT2D eigenvalue weighted by Crippen LogP contribution is -2.04. The summed E-state index contributed by atoms with van der Waals surface area (Å²) in [4.78, 5) is 4.22. The van der Waals surface area contributed by atoms with Crippen molar-refractivity contribution in [2.24, 2.45) is 5.73 Å². The minimum absolute atomic E-state index is 0.614. The minimum Gasteiger partial charge on any atom is -0.330 e. The van der Waals surface area contributed by atoms with Crippen molar-refractivity contribution in [2.75, 3.05) is 6.54 Å².